The number of nitrogens with one attached hydrogen (secondary N) is 1. The van der Waals surface area contributed by atoms with Crippen LogP contribution in [0.3, 0.4) is 0 Å². The molecular weight excluding hydrogens is 538 g/mol. The number of carboxylic acids is 1. The third kappa shape index (κ3) is 6.56. The number of aliphatic carboxylic acids is 1. The molecule has 0 saturated heterocycles. The van der Waals surface area contributed by atoms with Gasteiger partial charge in [0.15, 0.2) is 0 Å². The maximum Gasteiger partial charge on any atom is 0.416 e. The zero-order chi connectivity index (χ0) is 28.3. The number of aromatic hydroxyl groups is 1. The first-order chi connectivity index (χ1) is 18.4. The van der Waals surface area contributed by atoms with Crippen LogP contribution in [0, 0.1) is 5.82 Å². The third-order valence-electron chi connectivity index (χ3n) is 6.04. The Labute approximate surface area is 225 Å². The highest BCUT2D eigenvalue weighted by molar-refractivity contribution is 6.31. The number of rotatable bonds is 7. The molecule has 4 aromatic carbocycles. The van der Waals surface area contributed by atoms with Crippen LogP contribution < -0.4 is 5.32 Å². The Bertz CT molecular complexity index is 1520. The Kier molecular flexibility index (Phi) is 7.92. The van der Waals surface area contributed by atoms with E-state index in [0.717, 1.165) is 17.7 Å². The number of halogens is 5. The van der Waals surface area contributed by atoms with Gasteiger partial charge in [0.1, 0.15) is 17.6 Å². The van der Waals surface area contributed by atoms with E-state index in [9.17, 15) is 37.4 Å². The van der Waals surface area contributed by atoms with Gasteiger partial charge < -0.3 is 15.5 Å². The molecule has 0 aliphatic rings. The number of carbonyl (C=O) groups excluding carboxylic acids is 1. The minimum absolute atomic E-state index is 0.0316. The number of phenols is 1. The Hall–Kier alpha value is -4.37. The summed E-state index contributed by atoms with van der Waals surface area (Å²) in [5.41, 5.74) is 1.64. The molecule has 1 amide bonds. The summed E-state index contributed by atoms with van der Waals surface area (Å²) in [6, 6.07) is 17.8. The first kappa shape index (κ1) is 27.7. The topological polar surface area (TPSA) is 86.6 Å². The molecule has 0 radical (unpaired) electrons. The quantitative estimate of drug-likeness (QED) is 0.214. The number of hydrogen-bond donors (Lipinski definition) is 3. The van der Waals surface area contributed by atoms with Gasteiger partial charge in [0.2, 0.25) is 0 Å². The second-order valence-corrected chi connectivity index (χ2v) is 9.11. The Balaban J connectivity index is 1.50. The van der Waals surface area contributed by atoms with Crippen molar-refractivity contribution in [3.05, 3.63) is 112 Å². The summed E-state index contributed by atoms with van der Waals surface area (Å²) in [6.45, 7) is 0. The summed E-state index contributed by atoms with van der Waals surface area (Å²) in [4.78, 5) is 24.8. The van der Waals surface area contributed by atoms with Gasteiger partial charge in [0, 0.05) is 6.42 Å². The molecular formula is C29H20ClF4NO4. The van der Waals surface area contributed by atoms with Crippen LogP contribution in [0.1, 0.15) is 21.5 Å². The number of benzene rings is 4. The number of carboxylic acid groups (broad SMARTS) is 1. The van der Waals surface area contributed by atoms with Crippen LogP contribution in [0.15, 0.2) is 84.9 Å². The van der Waals surface area contributed by atoms with E-state index in [1.807, 2.05) is 0 Å². The van der Waals surface area contributed by atoms with Crippen molar-refractivity contribution in [2.45, 2.75) is 18.6 Å². The van der Waals surface area contributed by atoms with E-state index < -0.39 is 41.2 Å². The lowest BCUT2D eigenvalue weighted by Gasteiger charge is -2.16. The van der Waals surface area contributed by atoms with E-state index in [1.165, 1.54) is 42.5 Å². The van der Waals surface area contributed by atoms with Crippen LogP contribution in [-0.4, -0.2) is 28.1 Å². The molecule has 0 heterocycles. The van der Waals surface area contributed by atoms with Crippen LogP contribution in [0.25, 0.3) is 22.3 Å². The zero-order valence-electron chi connectivity index (χ0n) is 20.0. The fourth-order valence-corrected chi connectivity index (χ4v) is 4.11. The van der Waals surface area contributed by atoms with Gasteiger partial charge >= 0.3 is 12.1 Å². The molecule has 0 aliphatic carbocycles. The van der Waals surface area contributed by atoms with E-state index in [1.54, 1.807) is 30.3 Å². The van der Waals surface area contributed by atoms with Gasteiger partial charge in [-0.2, -0.15) is 13.2 Å². The number of hydrogen-bond acceptors (Lipinski definition) is 3. The van der Waals surface area contributed by atoms with Crippen LogP contribution >= 0.6 is 11.6 Å². The molecule has 0 fully saturated rings. The minimum atomic E-state index is -4.50. The lowest BCUT2D eigenvalue weighted by Crippen LogP contribution is -2.42. The van der Waals surface area contributed by atoms with Crippen LogP contribution in [0.4, 0.5) is 17.6 Å². The van der Waals surface area contributed by atoms with E-state index in [4.69, 9.17) is 11.6 Å². The Morgan fingerprint density at radius 1 is 0.821 bits per heavy atom. The molecule has 200 valence electrons. The van der Waals surface area contributed by atoms with Gasteiger partial charge in [-0.25, -0.2) is 9.18 Å². The van der Waals surface area contributed by atoms with Gasteiger partial charge in [-0.05, 0) is 64.2 Å². The number of amides is 1. The maximum atomic E-state index is 13.4. The predicted octanol–water partition coefficient (Wildman–Crippen LogP) is 6.96. The minimum Gasteiger partial charge on any atom is -0.507 e. The van der Waals surface area contributed by atoms with Crippen LogP contribution in [-0.2, 0) is 17.4 Å². The lowest BCUT2D eigenvalue weighted by atomic mass is 9.99. The first-order valence-electron chi connectivity index (χ1n) is 11.5. The van der Waals surface area contributed by atoms with Crippen molar-refractivity contribution in [3.8, 4) is 28.0 Å². The van der Waals surface area contributed by atoms with Crippen LogP contribution in [0.2, 0.25) is 5.02 Å². The number of carbonyl (C=O) groups is 2. The average Bonchev–Trinajstić information content (AvgIpc) is 2.90. The van der Waals surface area contributed by atoms with Crippen molar-refractivity contribution in [2.75, 3.05) is 0 Å². The molecule has 0 bridgehead atoms. The monoisotopic (exact) mass is 557 g/mol. The molecule has 0 saturated carbocycles. The van der Waals surface area contributed by atoms with Gasteiger partial charge in [-0.15, -0.1) is 0 Å². The van der Waals surface area contributed by atoms with E-state index >= 15 is 0 Å². The van der Waals surface area contributed by atoms with Gasteiger partial charge in [-0.1, -0.05) is 60.1 Å². The first-order valence-corrected chi connectivity index (χ1v) is 11.9. The smallest absolute Gasteiger partial charge is 0.416 e. The fraction of sp³-hybridized carbons (Fsp3) is 0.103. The molecule has 4 aromatic rings. The summed E-state index contributed by atoms with van der Waals surface area (Å²) in [5.74, 6) is -3.15. The predicted molar refractivity (Wildman–Crippen MR) is 138 cm³/mol. The van der Waals surface area contributed by atoms with Crippen molar-refractivity contribution in [1.82, 2.24) is 5.32 Å². The van der Waals surface area contributed by atoms with Gasteiger partial charge in [0.25, 0.3) is 5.91 Å². The Morgan fingerprint density at radius 2 is 1.36 bits per heavy atom. The standard InChI is InChI=1S/C29H20ClF4NO4/c30-23-15-20(7-11-24(23)31)17-3-1-16(2-4-17)13-25(28(38)39)35-27(37)22-14-19(8-12-26(22)36)18-5-9-21(10-6-18)29(32,33)34/h1-12,14-15,25,36H,13H2,(H,35,37)(H,38,39)/t25-/m0/s1. The molecule has 3 N–H and O–H groups in total. The van der Waals surface area contributed by atoms with Gasteiger partial charge in [-0.3, -0.25) is 4.79 Å². The second kappa shape index (κ2) is 11.2. The molecule has 1 atom stereocenters. The number of alkyl halides is 3. The van der Waals surface area contributed by atoms with Crippen LogP contribution in [0.5, 0.6) is 5.75 Å². The highest BCUT2D eigenvalue weighted by atomic mass is 35.5. The second-order valence-electron chi connectivity index (χ2n) is 8.70. The highest BCUT2D eigenvalue weighted by Gasteiger charge is 2.30. The van der Waals surface area contributed by atoms with Crippen molar-refractivity contribution in [3.63, 3.8) is 0 Å². The maximum absolute atomic E-state index is 13.4. The Morgan fingerprint density at radius 3 is 1.92 bits per heavy atom. The average molecular weight is 558 g/mol. The molecule has 0 unspecified atom stereocenters. The molecule has 4 rings (SSSR count). The molecule has 39 heavy (non-hydrogen) atoms. The van der Waals surface area contributed by atoms with Gasteiger partial charge in [0.05, 0.1) is 16.1 Å². The molecule has 0 aromatic heterocycles. The SMILES string of the molecule is O=C(N[C@@H](Cc1ccc(-c2ccc(F)c(Cl)c2)cc1)C(=O)O)c1cc(-c2ccc(C(F)(F)F)cc2)ccc1O. The van der Waals surface area contributed by atoms with E-state index in [-0.39, 0.29) is 17.0 Å². The van der Waals surface area contributed by atoms with Crippen molar-refractivity contribution in [2.24, 2.45) is 0 Å². The molecule has 10 heteroatoms. The fourth-order valence-electron chi connectivity index (χ4n) is 3.93. The summed E-state index contributed by atoms with van der Waals surface area (Å²) in [6.07, 6.45) is -4.58. The largest absolute Gasteiger partial charge is 0.507 e. The highest BCUT2D eigenvalue weighted by Crippen LogP contribution is 2.32. The van der Waals surface area contributed by atoms with Crippen molar-refractivity contribution >= 4 is 23.5 Å². The molecule has 5 nitrogen and oxygen atoms in total. The summed E-state index contributed by atoms with van der Waals surface area (Å²) >= 11 is 5.84. The van der Waals surface area contributed by atoms with E-state index in [0.29, 0.717) is 22.3 Å². The third-order valence-corrected chi connectivity index (χ3v) is 6.33. The van der Waals surface area contributed by atoms with E-state index in [2.05, 4.69) is 5.32 Å². The molecule has 0 aliphatic heterocycles. The normalized spacial score (nSPS) is 12.1. The number of phenolic OH excluding ortho intramolecular Hbond substituents is 1. The summed E-state index contributed by atoms with van der Waals surface area (Å²) in [7, 11) is 0. The lowest BCUT2D eigenvalue weighted by molar-refractivity contribution is -0.139. The summed E-state index contributed by atoms with van der Waals surface area (Å²) in [5, 5.41) is 22.3. The summed E-state index contributed by atoms with van der Waals surface area (Å²) < 4.78 is 52.0. The van der Waals surface area contributed by atoms with Crippen molar-refractivity contribution < 1.29 is 37.4 Å². The van der Waals surface area contributed by atoms with Crippen molar-refractivity contribution in [1.29, 1.82) is 0 Å². The molecule has 0 spiro atoms. The zero-order valence-corrected chi connectivity index (χ0v) is 20.7.